The number of nitrogens with zero attached hydrogens (tertiary/aromatic N) is 4. The van der Waals surface area contributed by atoms with Crippen LogP contribution in [0.2, 0.25) is 0 Å². The highest BCUT2D eigenvalue weighted by molar-refractivity contribution is 5.86. The van der Waals surface area contributed by atoms with E-state index in [9.17, 15) is 22.4 Å². The summed E-state index contributed by atoms with van der Waals surface area (Å²) in [7, 11) is 2.02. The minimum Gasteiger partial charge on any atom is -0.367 e. The molecule has 3 heterocycles. The highest BCUT2D eigenvalue weighted by Gasteiger charge is 2.30. The summed E-state index contributed by atoms with van der Waals surface area (Å²) in [6, 6.07) is 7.77. The smallest absolute Gasteiger partial charge is 0.367 e. The largest absolute Gasteiger partial charge is 0.416 e. The molecule has 0 atom stereocenters. The van der Waals surface area contributed by atoms with Crippen molar-refractivity contribution in [3.05, 3.63) is 69.5 Å². The quantitative estimate of drug-likeness (QED) is 0.539. The number of benzene rings is 2. The van der Waals surface area contributed by atoms with Gasteiger partial charge in [-0.2, -0.15) is 13.2 Å². The van der Waals surface area contributed by atoms with E-state index in [0.29, 0.717) is 48.6 Å². The van der Waals surface area contributed by atoms with Gasteiger partial charge < -0.3 is 9.80 Å². The first kappa shape index (κ1) is 21.6. The number of aromatic nitrogens is 2. The lowest BCUT2D eigenvalue weighted by Crippen LogP contribution is -2.44. The molecular formula is C24H22F4N4O. The summed E-state index contributed by atoms with van der Waals surface area (Å²) in [4.78, 5) is 21.8. The van der Waals surface area contributed by atoms with Gasteiger partial charge >= 0.3 is 6.18 Å². The van der Waals surface area contributed by atoms with E-state index in [1.165, 1.54) is 22.8 Å². The Morgan fingerprint density at radius 1 is 1.00 bits per heavy atom. The topological polar surface area (TPSA) is 41.4 Å². The number of hydrogen-bond donors (Lipinski definition) is 0. The molecule has 5 nitrogen and oxygen atoms in total. The average Bonchev–Trinajstić information content (AvgIpc) is 3.17. The van der Waals surface area contributed by atoms with Crippen LogP contribution in [0.4, 0.5) is 23.2 Å². The Kier molecular flexibility index (Phi) is 5.23. The summed E-state index contributed by atoms with van der Waals surface area (Å²) in [6.07, 6.45) is -2.12. The summed E-state index contributed by atoms with van der Waals surface area (Å²) >= 11 is 0. The lowest BCUT2D eigenvalue weighted by atomic mass is 10.1. The van der Waals surface area contributed by atoms with Crippen molar-refractivity contribution in [3.63, 3.8) is 0 Å². The maximum absolute atomic E-state index is 14.9. The molecule has 2 aliphatic heterocycles. The monoisotopic (exact) mass is 458 g/mol. The van der Waals surface area contributed by atoms with Crippen molar-refractivity contribution >= 4 is 28.2 Å². The second-order valence-corrected chi connectivity index (χ2v) is 8.54. The third-order valence-electron chi connectivity index (χ3n) is 6.34. The Morgan fingerprint density at radius 3 is 2.36 bits per heavy atom. The van der Waals surface area contributed by atoms with Crippen LogP contribution in [0.1, 0.15) is 23.4 Å². The van der Waals surface area contributed by atoms with Crippen LogP contribution in [-0.4, -0.2) is 47.7 Å². The Hall–Kier alpha value is -3.20. The molecule has 0 N–H and O–H groups in total. The van der Waals surface area contributed by atoms with Gasteiger partial charge in [-0.1, -0.05) is 12.1 Å². The molecule has 2 aliphatic rings. The Morgan fingerprint density at radius 2 is 1.70 bits per heavy atom. The third kappa shape index (κ3) is 4.01. The van der Waals surface area contributed by atoms with E-state index >= 15 is 0 Å². The number of piperazine rings is 1. The zero-order valence-corrected chi connectivity index (χ0v) is 18.0. The number of halogens is 4. The predicted octanol–water partition coefficient (Wildman–Crippen LogP) is 4.25. The SMILES string of the molecule is CN1CCN(c2cc3nc4n(c(=O)c3cc2F)CC/C4=C\c2ccc(C(F)(F)F)cc2)CC1. The molecule has 2 aromatic carbocycles. The lowest BCUT2D eigenvalue weighted by molar-refractivity contribution is -0.137. The van der Waals surface area contributed by atoms with Crippen LogP contribution in [0.15, 0.2) is 41.2 Å². The maximum Gasteiger partial charge on any atom is 0.416 e. The molecule has 9 heteroatoms. The van der Waals surface area contributed by atoms with Gasteiger partial charge in [0.25, 0.3) is 5.56 Å². The Bertz CT molecular complexity index is 1300. The second kappa shape index (κ2) is 7.98. The van der Waals surface area contributed by atoms with Crippen LogP contribution >= 0.6 is 0 Å². The minimum absolute atomic E-state index is 0.227. The van der Waals surface area contributed by atoms with E-state index in [2.05, 4.69) is 9.88 Å². The van der Waals surface area contributed by atoms with E-state index in [0.717, 1.165) is 30.8 Å². The fourth-order valence-corrected chi connectivity index (χ4v) is 4.42. The molecule has 3 aromatic rings. The van der Waals surface area contributed by atoms with Crippen LogP contribution in [0.25, 0.3) is 22.6 Å². The molecule has 0 aliphatic carbocycles. The zero-order valence-electron chi connectivity index (χ0n) is 18.0. The third-order valence-corrected chi connectivity index (χ3v) is 6.34. The number of alkyl halides is 3. The molecule has 0 saturated carbocycles. The molecule has 0 spiro atoms. The standard InChI is InChI=1S/C24H22F4N4O/c1-30-8-10-31(11-9-30)21-14-20-18(13-19(21)25)23(33)32-7-6-16(22(32)29-20)12-15-2-4-17(5-3-15)24(26,27)28/h2-5,12-14H,6-11H2,1H3/b16-12+. The van der Waals surface area contributed by atoms with Crippen molar-refractivity contribution in [1.29, 1.82) is 0 Å². The van der Waals surface area contributed by atoms with E-state index in [1.54, 1.807) is 12.1 Å². The van der Waals surface area contributed by atoms with Crippen molar-refractivity contribution in [2.45, 2.75) is 19.1 Å². The van der Waals surface area contributed by atoms with Gasteiger partial charge in [-0.25, -0.2) is 9.37 Å². The van der Waals surface area contributed by atoms with Crippen LogP contribution in [0.5, 0.6) is 0 Å². The molecule has 0 bridgehead atoms. The molecule has 1 aromatic heterocycles. The molecule has 172 valence electrons. The Balaban J connectivity index is 1.54. The van der Waals surface area contributed by atoms with E-state index in [4.69, 9.17) is 0 Å². The summed E-state index contributed by atoms with van der Waals surface area (Å²) in [5.74, 6) is 0.0355. The average molecular weight is 458 g/mol. The summed E-state index contributed by atoms with van der Waals surface area (Å²) < 4.78 is 54.9. The van der Waals surface area contributed by atoms with Crippen molar-refractivity contribution in [2.24, 2.45) is 0 Å². The first-order valence-electron chi connectivity index (χ1n) is 10.8. The van der Waals surface area contributed by atoms with Gasteiger partial charge in [-0.3, -0.25) is 9.36 Å². The molecule has 0 unspecified atom stereocenters. The molecular weight excluding hydrogens is 436 g/mol. The van der Waals surface area contributed by atoms with E-state index in [-0.39, 0.29) is 10.9 Å². The van der Waals surface area contributed by atoms with Crippen LogP contribution in [0.3, 0.4) is 0 Å². The van der Waals surface area contributed by atoms with E-state index < -0.39 is 17.6 Å². The van der Waals surface area contributed by atoms with Gasteiger partial charge in [0.15, 0.2) is 0 Å². The van der Waals surface area contributed by atoms with Gasteiger partial charge in [0, 0.05) is 32.7 Å². The number of likely N-dealkylation sites (N-methyl/N-ethyl adjacent to an activating group) is 1. The normalized spacial score (nSPS) is 18.3. The Labute approximate surface area is 187 Å². The van der Waals surface area contributed by atoms with Crippen LogP contribution in [-0.2, 0) is 12.7 Å². The number of fused-ring (bicyclic) bond motifs is 2. The van der Waals surface area contributed by atoms with Crippen molar-refractivity contribution in [1.82, 2.24) is 14.5 Å². The van der Waals surface area contributed by atoms with Crippen LogP contribution in [0, 0.1) is 5.82 Å². The number of allylic oxidation sites excluding steroid dienone is 1. The number of anilines is 1. The summed E-state index contributed by atoms with van der Waals surface area (Å²) in [5, 5.41) is 0.227. The van der Waals surface area contributed by atoms with Crippen LogP contribution < -0.4 is 10.5 Å². The minimum atomic E-state index is -4.39. The van der Waals surface area contributed by atoms with Gasteiger partial charge in [-0.15, -0.1) is 0 Å². The highest BCUT2D eigenvalue weighted by atomic mass is 19.4. The molecule has 5 rings (SSSR count). The summed E-state index contributed by atoms with van der Waals surface area (Å²) in [6.45, 7) is 3.39. The van der Waals surface area contributed by atoms with Gasteiger partial charge in [0.2, 0.25) is 0 Å². The first-order chi connectivity index (χ1) is 15.7. The molecule has 1 fully saturated rings. The van der Waals surface area contributed by atoms with Gasteiger partial charge in [0.1, 0.15) is 11.6 Å². The van der Waals surface area contributed by atoms with E-state index in [1.807, 2.05) is 11.9 Å². The van der Waals surface area contributed by atoms with Gasteiger partial charge in [-0.05, 0) is 54.9 Å². The fourth-order valence-electron chi connectivity index (χ4n) is 4.42. The number of hydrogen-bond acceptors (Lipinski definition) is 4. The summed E-state index contributed by atoms with van der Waals surface area (Å²) in [5.41, 5.74) is 1.18. The van der Waals surface area contributed by atoms with Crippen molar-refractivity contribution in [2.75, 3.05) is 38.1 Å². The van der Waals surface area contributed by atoms with Crippen molar-refractivity contribution < 1.29 is 17.6 Å². The first-order valence-corrected chi connectivity index (χ1v) is 10.8. The second-order valence-electron chi connectivity index (χ2n) is 8.54. The highest BCUT2D eigenvalue weighted by Crippen LogP contribution is 2.32. The zero-order chi connectivity index (χ0) is 23.3. The van der Waals surface area contributed by atoms with Crippen molar-refractivity contribution in [3.8, 4) is 0 Å². The molecule has 33 heavy (non-hydrogen) atoms. The van der Waals surface area contributed by atoms with Gasteiger partial charge in [0.05, 0.1) is 22.2 Å². The lowest BCUT2D eigenvalue weighted by Gasteiger charge is -2.34. The molecule has 0 radical (unpaired) electrons. The fraction of sp³-hybridized carbons (Fsp3) is 0.333. The number of rotatable bonds is 2. The maximum atomic E-state index is 14.9. The molecule has 0 amide bonds. The predicted molar refractivity (Wildman–Crippen MR) is 120 cm³/mol. The molecule has 1 saturated heterocycles.